The number of amides is 1. The molecule has 1 heterocycles. The summed E-state index contributed by atoms with van der Waals surface area (Å²) in [4.78, 5) is 13.7. The maximum absolute atomic E-state index is 12.2. The highest BCUT2D eigenvalue weighted by atomic mass is 32.2. The lowest BCUT2D eigenvalue weighted by atomic mass is 10.1. The van der Waals surface area contributed by atoms with E-state index < -0.39 is 22.3 Å². The SMILES string of the molecule is COc1ccc(CCN2CC(COS(=O)(=O)c3ccc(C)cc3)OC2=O)cc1. The predicted molar refractivity (Wildman–Crippen MR) is 103 cm³/mol. The van der Waals surface area contributed by atoms with Gasteiger partial charge in [-0.3, -0.25) is 4.18 Å². The van der Waals surface area contributed by atoms with Crippen LogP contribution in [0.25, 0.3) is 0 Å². The van der Waals surface area contributed by atoms with Gasteiger partial charge < -0.3 is 14.4 Å². The molecule has 7 nitrogen and oxygen atoms in total. The third kappa shape index (κ3) is 5.02. The molecule has 2 aromatic carbocycles. The van der Waals surface area contributed by atoms with Crippen LogP contribution >= 0.6 is 0 Å². The van der Waals surface area contributed by atoms with E-state index in [4.69, 9.17) is 13.7 Å². The van der Waals surface area contributed by atoms with Crippen molar-refractivity contribution in [3.63, 3.8) is 0 Å². The number of carbonyl (C=O) groups is 1. The average molecular weight is 405 g/mol. The van der Waals surface area contributed by atoms with Crippen LogP contribution in [0.3, 0.4) is 0 Å². The summed E-state index contributed by atoms with van der Waals surface area (Å²) in [7, 11) is -2.28. The second-order valence-electron chi connectivity index (χ2n) is 6.60. The summed E-state index contributed by atoms with van der Waals surface area (Å²) in [6.45, 7) is 2.43. The smallest absolute Gasteiger partial charge is 0.410 e. The lowest BCUT2D eigenvalue weighted by molar-refractivity contribution is 0.104. The number of hydrogen-bond donors (Lipinski definition) is 0. The number of carbonyl (C=O) groups excluding carboxylic acids is 1. The summed E-state index contributed by atoms with van der Waals surface area (Å²) < 4.78 is 39.9. The number of cyclic esters (lactones) is 1. The van der Waals surface area contributed by atoms with Gasteiger partial charge in [0.2, 0.25) is 0 Å². The molecule has 0 aromatic heterocycles. The van der Waals surface area contributed by atoms with Crippen molar-refractivity contribution < 1.29 is 26.9 Å². The zero-order valence-electron chi connectivity index (χ0n) is 15.8. The van der Waals surface area contributed by atoms with Crippen LogP contribution < -0.4 is 4.74 Å². The molecule has 1 aliphatic heterocycles. The van der Waals surface area contributed by atoms with E-state index in [1.165, 1.54) is 12.1 Å². The summed E-state index contributed by atoms with van der Waals surface area (Å²) in [5.41, 5.74) is 2.02. The lowest BCUT2D eigenvalue weighted by Gasteiger charge is -2.13. The number of methoxy groups -OCH3 is 1. The van der Waals surface area contributed by atoms with Gasteiger partial charge in [0.25, 0.3) is 10.1 Å². The Morgan fingerprint density at radius 2 is 1.79 bits per heavy atom. The molecular formula is C20H23NO6S. The number of rotatable bonds is 8. The molecule has 0 aliphatic carbocycles. The van der Waals surface area contributed by atoms with Gasteiger partial charge in [-0.05, 0) is 43.2 Å². The molecule has 0 saturated carbocycles. The molecule has 0 bridgehead atoms. The Bertz CT molecular complexity index is 909. The van der Waals surface area contributed by atoms with E-state index in [2.05, 4.69) is 0 Å². The maximum atomic E-state index is 12.2. The minimum absolute atomic E-state index is 0.0822. The third-order valence-corrected chi connectivity index (χ3v) is 5.79. The van der Waals surface area contributed by atoms with Crippen LogP contribution in [0.5, 0.6) is 5.75 Å². The first-order valence-electron chi connectivity index (χ1n) is 8.92. The highest BCUT2D eigenvalue weighted by Gasteiger charge is 2.32. The molecule has 1 atom stereocenters. The second-order valence-corrected chi connectivity index (χ2v) is 8.22. The van der Waals surface area contributed by atoms with E-state index in [9.17, 15) is 13.2 Å². The molecule has 1 amide bonds. The fourth-order valence-corrected chi connectivity index (χ4v) is 3.78. The van der Waals surface area contributed by atoms with Crippen LogP contribution in [0, 0.1) is 6.92 Å². The molecule has 0 radical (unpaired) electrons. The number of ether oxygens (including phenoxy) is 2. The Hall–Kier alpha value is -2.58. The van der Waals surface area contributed by atoms with E-state index in [1.54, 1.807) is 24.1 Å². The quantitative estimate of drug-likeness (QED) is 0.628. The van der Waals surface area contributed by atoms with Gasteiger partial charge in [0.1, 0.15) is 18.5 Å². The van der Waals surface area contributed by atoms with Crippen LogP contribution in [-0.4, -0.2) is 52.3 Å². The number of benzene rings is 2. The molecule has 0 N–H and O–H groups in total. The molecule has 1 fully saturated rings. The van der Waals surface area contributed by atoms with Gasteiger partial charge in [0, 0.05) is 6.54 Å². The van der Waals surface area contributed by atoms with Gasteiger partial charge in [0.15, 0.2) is 0 Å². The molecular weight excluding hydrogens is 382 g/mol. The first kappa shape index (κ1) is 20.2. The molecule has 0 spiro atoms. The predicted octanol–water partition coefficient (Wildman–Crippen LogP) is 2.77. The largest absolute Gasteiger partial charge is 0.497 e. The molecule has 1 aliphatic rings. The summed E-state index contributed by atoms with van der Waals surface area (Å²) in [6.07, 6.45) is -0.424. The first-order valence-corrected chi connectivity index (χ1v) is 10.3. The zero-order chi connectivity index (χ0) is 20.1. The molecule has 1 saturated heterocycles. The van der Waals surface area contributed by atoms with Crippen molar-refractivity contribution in [3.05, 3.63) is 59.7 Å². The number of hydrogen-bond acceptors (Lipinski definition) is 6. The third-order valence-electron chi connectivity index (χ3n) is 4.50. The van der Waals surface area contributed by atoms with E-state index in [1.807, 2.05) is 31.2 Å². The molecule has 28 heavy (non-hydrogen) atoms. The van der Waals surface area contributed by atoms with Crippen LogP contribution in [0.4, 0.5) is 4.79 Å². The average Bonchev–Trinajstić information content (AvgIpc) is 3.05. The summed E-state index contributed by atoms with van der Waals surface area (Å²) in [5, 5.41) is 0. The van der Waals surface area contributed by atoms with Crippen LogP contribution in [0.15, 0.2) is 53.4 Å². The van der Waals surface area contributed by atoms with E-state index in [0.29, 0.717) is 19.5 Å². The minimum atomic E-state index is -3.88. The Morgan fingerprint density at radius 3 is 2.43 bits per heavy atom. The fraction of sp³-hybridized carbons (Fsp3) is 0.350. The minimum Gasteiger partial charge on any atom is -0.497 e. The van der Waals surface area contributed by atoms with Crippen molar-refractivity contribution in [2.45, 2.75) is 24.3 Å². The van der Waals surface area contributed by atoms with Crippen molar-refractivity contribution in [2.75, 3.05) is 26.8 Å². The van der Waals surface area contributed by atoms with Crippen molar-refractivity contribution >= 4 is 16.2 Å². The highest BCUT2D eigenvalue weighted by molar-refractivity contribution is 7.86. The second kappa shape index (κ2) is 8.62. The van der Waals surface area contributed by atoms with Gasteiger partial charge in [0.05, 0.1) is 18.6 Å². The van der Waals surface area contributed by atoms with Crippen LogP contribution in [0.2, 0.25) is 0 Å². The Labute approximate surface area is 164 Å². The van der Waals surface area contributed by atoms with Gasteiger partial charge in [-0.1, -0.05) is 29.8 Å². The molecule has 2 aromatic rings. The van der Waals surface area contributed by atoms with Crippen molar-refractivity contribution in [1.29, 1.82) is 0 Å². The molecule has 150 valence electrons. The zero-order valence-corrected chi connectivity index (χ0v) is 16.6. The van der Waals surface area contributed by atoms with E-state index in [-0.39, 0.29) is 11.5 Å². The topological polar surface area (TPSA) is 82.1 Å². The van der Waals surface area contributed by atoms with Crippen molar-refractivity contribution in [2.24, 2.45) is 0 Å². The van der Waals surface area contributed by atoms with Crippen LogP contribution in [-0.2, 0) is 25.5 Å². The monoisotopic (exact) mass is 405 g/mol. The maximum Gasteiger partial charge on any atom is 0.410 e. The highest BCUT2D eigenvalue weighted by Crippen LogP contribution is 2.18. The molecule has 8 heteroatoms. The molecule has 1 unspecified atom stereocenters. The fourth-order valence-electron chi connectivity index (χ4n) is 2.84. The Morgan fingerprint density at radius 1 is 1.11 bits per heavy atom. The Balaban J connectivity index is 1.50. The summed E-state index contributed by atoms with van der Waals surface area (Å²) in [6, 6.07) is 14.0. The first-order chi connectivity index (χ1) is 13.4. The van der Waals surface area contributed by atoms with Crippen molar-refractivity contribution in [3.8, 4) is 5.75 Å². The normalized spacial score (nSPS) is 16.9. The standard InChI is InChI=1S/C20H23NO6S/c1-15-3-9-19(10-4-15)28(23,24)26-14-18-13-21(20(22)27-18)12-11-16-5-7-17(25-2)8-6-16/h3-10,18H,11-14H2,1-2H3. The summed E-state index contributed by atoms with van der Waals surface area (Å²) >= 11 is 0. The van der Waals surface area contributed by atoms with Gasteiger partial charge in [-0.2, -0.15) is 8.42 Å². The van der Waals surface area contributed by atoms with Gasteiger partial charge in [-0.25, -0.2) is 4.79 Å². The van der Waals surface area contributed by atoms with Crippen molar-refractivity contribution in [1.82, 2.24) is 4.90 Å². The van der Waals surface area contributed by atoms with Gasteiger partial charge >= 0.3 is 6.09 Å². The number of nitrogens with zero attached hydrogens (tertiary/aromatic N) is 1. The van der Waals surface area contributed by atoms with E-state index >= 15 is 0 Å². The lowest BCUT2D eigenvalue weighted by Crippen LogP contribution is -2.28. The molecule has 3 rings (SSSR count). The van der Waals surface area contributed by atoms with Crippen LogP contribution in [0.1, 0.15) is 11.1 Å². The Kier molecular flexibility index (Phi) is 6.21. The van der Waals surface area contributed by atoms with Gasteiger partial charge in [-0.15, -0.1) is 0 Å². The summed E-state index contributed by atoms with van der Waals surface area (Å²) in [5.74, 6) is 0.774. The van der Waals surface area contributed by atoms with E-state index in [0.717, 1.165) is 16.9 Å². The number of aryl methyl sites for hydroxylation is 1.